The van der Waals surface area contributed by atoms with Gasteiger partial charge in [0.05, 0.1) is 6.26 Å². The van der Waals surface area contributed by atoms with Crippen LogP contribution in [0.5, 0.6) is 0 Å². The van der Waals surface area contributed by atoms with Crippen molar-refractivity contribution in [3.8, 4) is 11.6 Å². The van der Waals surface area contributed by atoms with Crippen LogP contribution in [0.1, 0.15) is 28.2 Å². The van der Waals surface area contributed by atoms with E-state index in [1.54, 1.807) is 31.2 Å². The van der Waals surface area contributed by atoms with Gasteiger partial charge in [-0.3, -0.25) is 9.59 Å². The number of amides is 2. The molecule has 0 bridgehead atoms. The summed E-state index contributed by atoms with van der Waals surface area (Å²) in [4.78, 5) is 28.0. The topological polar surface area (TPSA) is 110 Å². The van der Waals surface area contributed by atoms with E-state index >= 15 is 0 Å². The Morgan fingerprint density at radius 1 is 1.18 bits per heavy atom. The number of carbonyl (C=O) groups excluding carboxylic acids is 2. The standard InChI is InChI=1S/C19H19FN4O4/c1-12-4-5-13(11-14(12)20)19(26)22-9-8-21-16(25)6-7-17-23-18(24-28-17)15-3-2-10-27-15/h2-5,10-11H,6-9H2,1H3,(H,21,25)(H,22,26). The summed E-state index contributed by atoms with van der Waals surface area (Å²) >= 11 is 0. The highest BCUT2D eigenvalue weighted by Gasteiger charge is 2.12. The van der Waals surface area contributed by atoms with E-state index in [4.69, 9.17) is 8.94 Å². The fourth-order valence-corrected chi connectivity index (χ4v) is 2.39. The van der Waals surface area contributed by atoms with Gasteiger partial charge in [0.2, 0.25) is 17.6 Å². The van der Waals surface area contributed by atoms with Gasteiger partial charge in [-0.1, -0.05) is 11.2 Å². The van der Waals surface area contributed by atoms with Gasteiger partial charge in [-0.05, 0) is 36.8 Å². The summed E-state index contributed by atoms with van der Waals surface area (Å²) < 4.78 is 23.7. The number of aryl methyl sites for hydroxylation is 2. The maximum atomic E-state index is 13.5. The molecule has 0 saturated carbocycles. The lowest BCUT2D eigenvalue weighted by Crippen LogP contribution is -2.34. The first-order valence-electron chi connectivity index (χ1n) is 8.70. The van der Waals surface area contributed by atoms with Crippen molar-refractivity contribution >= 4 is 11.8 Å². The highest BCUT2D eigenvalue weighted by molar-refractivity contribution is 5.94. The molecule has 2 amide bonds. The second-order valence-electron chi connectivity index (χ2n) is 6.06. The van der Waals surface area contributed by atoms with Crippen LogP contribution in [-0.2, 0) is 11.2 Å². The second kappa shape index (κ2) is 8.94. The summed E-state index contributed by atoms with van der Waals surface area (Å²) in [6.07, 6.45) is 1.96. The number of benzene rings is 1. The molecule has 0 atom stereocenters. The lowest BCUT2D eigenvalue weighted by Gasteiger charge is -2.07. The van der Waals surface area contributed by atoms with Gasteiger partial charge in [-0.25, -0.2) is 4.39 Å². The average molecular weight is 386 g/mol. The molecule has 0 radical (unpaired) electrons. The van der Waals surface area contributed by atoms with Gasteiger partial charge >= 0.3 is 0 Å². The third-order valence-corrected chi connectivity index (χ3v) is 3.94. The van der Waals surface area contributed by atoms with E-state index < -0.39 is 11.7 Å². The van der Waals surface area contributed by atoms with Crippen LogP contribution >= 0.6 is 0 Å². The van der Waals surface area contributed by atoms with Crippen molar-refractivity contribution in [1.29, 1.82) is 0 Å². The third-order valence-electron chi connectivity index (χ3n) is 3.94. The molecule has 3 aromatic rings. The first-order valence-corrected chi connectivity index (χ1v) is 8.70. The molecule has 0 saturated heterocycles. The molecule has 2 aromatic heterocycles. The Hall–Kier alpha value is -3.49. The quantitative estimate of drug-likeness (QED) is 0.575. The van der Waals surface area contributed by atoms with E-state index in [-0.39, 0.29) is 37.4 Å². The van der Waals surface area contributed by atoms with Gasteiger partial charge < -0.3 is 19.6 Å². The number of aromatic nitrogens is 2. The summed E-state index contributed by atoms with van der Waals surface area (Å²) in [6.45, 7) is 2.10. The Balaban J connectivity index is 1.35. The first-order chi connectivity index (χ1) is 13.5. The van der Waals surface area contributed by atoms with Gasteiger partial charge in [0.25, 0.3) is 5.91 Å². The Labute approximate surface area is 160 Å². The Kier molecular flexibility index (Phi) is 6.15. The van der Waals surface area contributed by atoms with E-state index in [0.717, 1.165) is 0 Å². The molecule has 0 spiro atoms. The molecule has 0 fully saturated rings. The normalized spacial score (nSPS) is 10.6. The second-order valence-corrected chi connectivity index (χ2v) is 6.06. The summed E-state index contributed by atoms with van der Waals surface area (Å²) in [7, 11) is 0. The monoisotopic (exact) mass is 386 g/mol. The zero-order valence-corrected chi connectivity index (χ0v) is 15.2. The van der Waals surface area contributed by atoms with E-state index in [9.17, 15) is 14.0 Å². The lowest BCUT2D eigenvalue weighted by molar-refractivity contribution is -0.121. The van der Waals surface area contributed by atoms with Gasteiger partial charge in [0.1, 0.15) is 5.82 Å². The minimum Gasteiger partial charge on any atom is -0.461 e. The molecule has 146 valence electrons. The molecule has 0 aliphatic carbocycles. The highest BCUT2D eigenvalue weighted by atomic mass is 19.1. The molecule has 0 unspecified atom stereocenters. The maximum Gasteiger partial charge on any atom is 0.251 e. The van der Waals surface area contributed by atoms with Gasteiger partial charge in [0, 0.05) is 31.5 Å². The summed E-state index contributed by atoms with van der Waals surface area (Å²) in [5.74, 6) is 0.102. The van der Waals surface area contributed by atoms with Gasteiger partial charge in [-0.2, -0.15) is 4.98 Å². The van der Waals surface area contributed by atoms with Crippen molar-refractivity contribution < 1.29 is 22.9 Å². The van der Waals surface area contributed by atoms with Gasteiger partial charge in [0.15, 0.2) is 5.76 Å². The Bertz CT molecular complexity index is 953. The predicted molar refractivity (Wildman–Crippen MR) is 96.8 cm³/mol. The molecule has 9 heteroatoms. The van der Waals surface area contributed by atoms with Crippen LogP contribution < -0.4 is 10.6 Å². The summed E-state index contributed by atoms with van der Waals surface area (Å²) in [6, 6.07) is 7.70. The number of furan rings is 1. The van der Waals surface area contributed by atoms with Crippen molar-refractivity contribution in [3.63, 3.8) is 0 Å². The molecule has 2 N–H and O–H groups in total. The maximum absolute atomic E-state index is 13.5. The molecule has 2 heterocycles. The van der Waals surface area contributed by atoms with Gasteiger partial charge in [-0.15, -0.1) is 0 Å². The highest BCUT2D eigenvalue weighted by Crippen LogP contribution is 2.16. The smallest absolute Gasteiger partial charge is 0.251 e. The number of nitrogens with zero attached hydrogens (tertiary/aromatic N) is 2. The number of nitrogens with one attached hydrogen (secondary N) is 2. The molecular formula is C19H19FN4O4. The van der Waals surface area contributed by atoms with Crippen LogP contribution in [0.2, 0.25) is 0 Å². The van der Waals surface area contributed by atoms with E-state index in [2.05, 4.69) is 20.8 Å². The van der Waals surface area contributed by atoms with E-state index in [1.165, 1.54) is 12.3 Å². The zero-order valence-electron chi connectivity index (χ0n) is 15.2. The molecule has 3 rings (SSSR count). The van der Waals surface area contributed by atoms with E-state index in [0.29, 0.717) is 23.0 Å². The van der Waals surface area contributed by atoms with Crippen molar-refractivity contribution in [2.24, 2.45) is 0 Å². The number of carbonyl (C=O) groups is 2. The SMILES string of the molecule is Cc1ccc(C(=O)NCCNC(=O)CCc2nc(-c3ccco3)no2)cc1F. The molecule has 0 aliphatic heterocycles. The van der Waals surface area contributed by atoms with Crippen molar-refractivity contribution in [3.05, 3.63) is 59.4 Å². The summed E-state index contributed by atoms with van der Waals surface area (Å²) in [5.41, 5.74) is 0.708. The largest absolute Gasteiger partial charge is 0.461 e. The number of halogens is 1. The molecular weight excluding hydrogens is 367 g/mol. The molecule has 28 heavy (non-hydrogen) atoms. The fourth-order valence-electron chi connectivity index (χ4n) is 2.39. The fraction of sp³-hybridized carbons (Fsp3) is 0.263. The van der Waals surface area contributed by atoms with Crippen LogP contribution in [0.15, 0.2) is 45.5 Å². The number of rotatable bonds is 8. The summed E-state index contributed by atoms with van der Waals surface area (Å²) in [5, 5.41) is 9.09. The molecule has 8 nitrogen and oxygen atoms in total. The van der Waals surface area contributed by atoms with Crippen LogP contribution in [0, 0.1) is 12.7 Å². The van der Waals surface area contributed by atoms with Crippen molar-refractivity contribution in [2.75, 3.05) is 13.1 Å². The van der Waals surface area contributed by atoms with Crippen LogP contribution in [-0.4, -0.2) is 35.0 Å². The molecule has 1 aromatic carbocycles. The lowest BCUT2D eigenvalue weighted by atomic mass is 10.1. The minimum atomic E-state index is -0.433. The predicted octanol–water partition coefficient (Wildman–Crippen LogP) is 2.26. The van der Waals surface area contributed by atoms with Crippen LogP contribution in [0.4, 0.5) is 4.39 Å². The Morgan fingerprint density at radius 2 is 2.00 bits per heavy atom. The van der Waals surface area contributed by atoms with E-state index in [1.807, 2.05) is 0 Å². The average Bonchev–Trinajstić information content (AvgIpc) is 3.37. The van der Waals surface area contributed by atoms with Crippen molar-refractivity contribution in [1.82, 2.24) is 20.8 Å². The first kappa shape index (κ1) is 19.3. The Morgan fingerprint density at radius 3 is 2.75 bits per heavy atom. The number of hydrogen-bond donors (Lipinski definition) is 2. The number of hydrogen-bond acceptors (Lipinski definition) is 6. The zero-order chi connectivity index (χ0) is 19.9. The molecule has 0 aliphatic rings. The minimum absolute atomic E-state index is 0.164. The van der Waals surface area contributed by atoms with Crippen molar-refractivity contribution in [2.45, 2.75) is 19.8 Å². The van der Waals surface area contributed by atoms with Crippen LogP contribution in [0.3, 0.4) is 0 Å². The third kappa shape index (κ3) is 5.03. The van der Waals surface area contributed by atoms with Crippen LogP contribution in [0.25, 0.3) is 11.6 Å².